The molecule has 0 unspecified atom stereocenters. The number of hydrogen-bond acceptors (Lipinski definition) is 12. The van der Waals surface area contributed by atoms with Crippen LogP contribution < -0.4 is 0 Å². The molecule has 0 aliphatic carbocycles. The summed E-state index contributed by atoms with van der Waals surface area (Å²) in [5.41, 5.74) is -5.94. The second kappa shape index (κ2) is 8.92. The smallest absolute Gasteiger partial charge is 0.282 e. The summed E-state index contributed by atoms with van der Waals surface area (Å²) in [6.07, 6.45) is 0. The molecule has 0 N–H and O–H groups in total. The number of carbonyl (C=O) groups excluding carboxylic acids is 12. The van der Waals surface area contributed by atoms with E-state index in [1.54, 1.807) is 20.8 Å². The van der Waals surface area contributed by atoms with Gasteiger partial charge in [0.2, 0.25) is 0 Å². The van der Waals surface area contributed by atoms with E-state index in [0.717, 1.165) is 29.4 Å². The Balaban J connectivity index is 0.000000145. The lowest BCUT2D eigenvalue weighted by Crippen LogP contribution is -2.83. The largest absolute Gasteiger partial charge is 0.284 e. The number of imide groups is 6. The quantitative estimate of drug-likeness (QED) is 0.223. The summed E-state index contributed by atoms with van der Waals surface area (Å²) in [5.74, 6) is -8.33. The van der Waals surface area contributed by atoms with Crippen molar-refractivity contribution in [3.05, 3.63) is 0 Å². The van der Waals surface area contributed by atoms with Crippen LogP contribution in [0.25, 0.3) is 0 Å². The number of amides is 12. The van der Waals surface area contributed by atoms with Crippen LogP contribution in [-0.4, -0.2) is 141 Å². The Bertz CT molecular complexity index is 1230. The Morgan fingerprint density at radius 1 is 0.333 bits per heavy atom. The summed E-state index contributed by atoms with van der Waals surface area (Å²) < 4.78 is 0. The second-order valence-corrected chi connectivity index (χ2v) is 9.82. The van der Waals surface area contributed by atoms with Crippen molar-refractivity contribution in [2.45, 2.75) is 20.8 Å². The SMILES string of the molecule is CCN1C(=O)C2(C(=O)N(C)C2=O)C1=O.CCN1C(=O)C2(C(=O)N(C)C2=O)C1=O.CCN1C(=O)C2(C(=O)N(C)C2=O)C1=O. The summed E-state index contributed by atoms with van der Waals surface area (Å²) in [4.78, 5) is 141. The van der Waals surface area contributed by atoms with Gasteiger partial charge in [-0.25, -0.2) is 0 Å². The molecule has 0 saturated carbocycles. The van der Waals surface area contributed by atoms with Crippen LogP contribution in [0, 0.1) is 16.2 Å². The number of rotatable bonds is 3. The molecule has 0 radical (unpaired) electrons. The van der Waals surface area contributed by atoms with Crippen molar-refractivity contribution in [3.63, 3.8) is 0 Å². The van der Waals surface area contributed by atoms with E-state index < -0.39 is 87.1 Å². The first kappa shape index (κ1) is 29.8. The minimum absolute atomic E-state index is 0.198. The fraction of sp³-hybridized carbons (Fsp3) is 0.500. The van der Waals surface area contributed by atoms with Gasteiger partial charge in [0.25, 0.3) is 87.1 Å². The molecule has 0 atom stereocenters. The Hall–Kier alpha value is -5.16. The van der Waals surface area contributed by atoms with E-state index in [4.69, 9.17) is 0 Å². The monoisotopic (exact) mass is 588 g/mol. The topological polar surface area (TPSA) is 224 Å². The minimum atomic E-state index is -1.98. The van der Waals surface area contributed by atoms with Crippen LogP contribution in [0.2, 0.25) is 0 Å². The van der Waals surface area contributed by atoms with E-state index in [-0.39, 0.29) is 19.6 Å². The highest BCUT2D eigenvalue weighted by Gasteiger charge is 2.80. The van der Waals surface area contributed by atoms with Crippen molar-refractivity contribution >= 4 is 70.9 Å². The molecule has 18 heteroatoms. The van der Waals surface area contributed by atoms with Crippen LogP contribution >= 0.6 is 0 Å². The lowest BCUT2D eigenvalue weighted by Gasteiger charge is -2.51. The van der Waals surface area contributed by atoms with E-state index in [9.17, 15) is 57.5 Å². The number of likely N-dealkylation sites (tertiary alicyclic amines) is 6. The average molecular weight is 588 g/mol. The number of hydrogen-bond donors (Lipinski definition) is 0. The molecule has 42 heavy (non-hydrogen) atoms. The van der Waals surface area contributed by atoms with Gasteiger partial charge >= 0.3 is 0 Å². The molecule has 6 aliphatic rings. The fourth-order valence-electron chi connectivity index (χ4n) is 5.47. The molecule has 0 aromatic heterocycles. The third-order valence-electron chi connectivity index (χ3n) is 8.10. The van der Waals surface area contributed by atoms with Crippen molar-refractivity contribution in [1.29, 1.82) is 0 Å². The standard InChI is InChI=1S/3C8H8N2O4/c3*1-3-10-6(13)8(7(10)14)4(11)9(2)5(8)12/h3*3H2,1-2H3. The highest BCUT2D eigenvalue weighted by Crippen LogP contribution is 2.45. The van der Waals surface area contributed by atoms with Crippen LogP contribution in [0.3, 0.4) is 0 Å². The predicted molar refractivity (Wildman–Crippen MR) is 128 cm³/mol. The summed E-state index contributed by atoms with van der Waals surface area (Å²) in [5, 5.41) is 0. The van der Waals surface area contributed by atoms with Crippen molar-refractivity contribution in [3.8, 4) is 0 Å². The molecular weight excluding hydrogens is 564 g/mol. The first-order valence-corrected chi connectivity index (χ1v) is 12.5. The molecule has 0 aromatic carbocycles. The molecule has 18 nitrogen and oxygen atoms in total. The van der Waals surface area contributed by atoms with Gasteiger partial charge in [-0.15, -0.1) is 0 Å². The molecule has 6 rings (SSSR count). The van der Waals surface area contributed by atoms with Crippen LogP contribution in [0.4, 0.5) is 0 Å². The maximum absolute atomic E-state index is 11.4. The zero-order chi connectivity index (χ0) is 32.0. The van der Waals surface area contributed by atoms with Gasteiger partial charge in [0.05, 0.1) is 0 Å². The third kappa shape index (κ3) is 2.73. The maximum atomic E-state index is 11.4. The van der Waals surface area contributed by atoms with Gasteiger partial charge in [0.1, 0.15) is 0 Å². The lowest BCUT2D eigenvalue weighted by atomic mass is 9.69. The van der Waals surface area contributed by atoms with E-state index in [0.29, 0.717) is 0 Å². The Kier molecular flexibility index (Phi) is 6.33. The van der Waals surface area contributed by atoms with Gasteiger partial charge < -0.3 is 0 Å². The first-order chi connectivity index (χ1) is 19.5. The molecule has 12 amide bonds. The maximum Gasteiger partial charge on any atom is 0.284 e. The van der Waals surface area contributed by atoms with Crippen molar-refractivity contribution in [1.82, 2.24) is 29.4 Å². The van der Waals surface area contributed by atoms with Gasteiger partial charge in [-0.1, -0.05) is 0 Å². The van der Waals surface area contributed by atoms with Gasteiger partial charge in [-0.2, -0.15) is 0 Å². The summed E-state index contributed by atoms with van der Waals surface area (Å²) in [7, 11) is 3.77. The van der Waals surface area contributed by atoms with Crippen molar-refractivity contribution in [2.75, 3.05) is 40.8 Å². The Morgan fingerprint density at radius 3 is 0.595 bits per heavy atom. The molecule has 6 heterocycles. The third-order valence-corrected chi connectivity index (χ3v) is 8.10. The Labute approximate surface area is 236 Å². The van der Waals surface area contributed by atoms with E-state index >= 15 is 0 Å². The number of β-lactam (4-membered cyclic amide) rings is 12. The highest BCUT2D eigenvalue weighted by molar-refractivity contribution is 6.54. The van der Waals surface area contributed by atoms with Crippen LogP contribution in [0.5, 0.6) is 0 Å². The number of nitrogens with zero attached hydrogens (tertiary/aromatic N) is 6. The average Bonchev–Trinajstić information content (AvgIpc) is 2.98. The number of carbonyl (C=O) groups is 12. The molecule has 6 fully saturated rings. The predicted octanol–water partition coefficient (Wildman–Crippen LogP) is -4.92. The molecule has 3 spiro atoms. The second-order valence-electron chi connectivity index (χ2n) is 9.82. The summed E-state index contributed by atoms with van der Waals surface area (Å²) in [6.45, 7) is 5.43. The van der Waals surface area contributed by atoms with Crippen LogP contribution in [0.1, 0.15) is 20.8 Å². The van der Waals surface area contributed by atoms with Crippen LogP contribution in [-0.2, 0) is 57.5 Å². The van der Waals surface area contributed by atoms with E-state index in [1.807, 2.05) is 0 Å². The lowest BCUT2D eigenvalue weighted by molar-refractivity contribution is -0.201. The fourth-order valence-corrected chi connectivity index (χ4v) is 5.47. The zero-order valence-electron chi connectivity index (χ0n) is 23.2. The zero-order valence-corrected chi connectivity index (χ0v) is 23.2. The molecule has 6 aliphatic heterocycles. The summed E-state index contributed by atoms with van der Waals surface area (Å²) >= 11 is 0. The molecular formula is C24H24N6O12. The molecule has 0 aromatic rings. The van der Waals surface area contributed by atoms with Gasteiger partial charge in [-0.05, 0) is 20.8 Å². The Morgan fingerprint density at radius 2 is 0.476 bits per heavy atom. The van der Waals surface area contributed by atoms with Gasteiger partial charge in [-0.3, -0.25) is 86.9 Å². The van der Waals surface area contributed by atoms with Crippen molar-refractivity contribution < 1.29 is 57.5 Å². The molecule has 222 valence electrons. The minimum Gasteiger partial charge on any atom is -0.282 e. The molecule has 6 saturated heterocycles. The van der Waals surface area contributed by atoms with E-state index in [2.05, 4.69) is 0 Å². The molecule has 0 bridgehead atoms. The van der Waals surface area contributed by atoms with Gasteiger partial charge in [0, 0.05) is 40.8 Å². The van der Waals surface area contributed by atoms with Gasteiger partial charge in [0.15, 0.2) is 0 Å². The van der Waals surface area contributed by atoms with Crippen LogP contribution in [0.15, 0.2) is 0 Å². The summed E-state index contributed by atoms with van der Waals surface area (Å²) in [6, 6.07) is 0. The van der Waals surface area contributed by atoms with Crippen molar-refractivity contribution in [2.24, 2.45) is 16.2 Å². The van der Waals surface area contributed by atoms with E-state index in [1.165, 1.54) is 21.1 Å². The highest BCUT2D eigenvalue weighted by atomic mass is 16.2. The normalized spacial score (nSPS) is 24.1. The first-order valence-electron chi connectivity index (χ1n) is 12.5.